The summed E-state index contributed by atoms with van der Waals surface area (Å²) in [6.45, 7) is 3.27. The Balaban J connectivity index is 1.51. The lowest BCUT2D eigenvalue weighted by atomic mass is 10.2. The van der Waals surface area contributed by atoms with Crippen LogP contribution in [0.5, 0.6) is 0 Å². The summed E-state index contributed by atoms with van der Waals surface area (Å²) in [5, 5.41) is 14.9. The number of pyridine rings is 1. The molecule has 1 atom stereocenters. The zero-order valence-electron chi connectivity index (χ0n) is 16.9. The summed E-state index contributed by atoms with van der Waals surface area (Å²) in [7, 11) is 0. The molecule has 2 N–H and O–H groups in total. The number of thioether (sulfide) groups is 1. The van der Waals surface area contributed by atoms with E-state index in [1.165, 1.54) is 18.7 Å². The molecule has 0 unspecified atom stereocenters. The van der Waals surface area contributed by atoms with Crippen LogP contribution >= 0.6 is 11.8 Å². The maximum atomic E-state index is 12.8. The first-order valence-electron chi connectivity index (χ1n) is 9.60. The van der Waals surface area contributed by atoms with Crippen molar-refractivity contribution in [1.82, 2.24) is 19.7 Å². The average Bonchev–Trinajstić information content (AvgIpc) is 3.22. The molecule has 2 heterocycles. The van der Waals surface area contributed by atoms with Crippen molar-refractivity contribution >= 4 is 45.9 Å². The summed E-state index contributed by atoms with van der Waals surface area (Å²) in [5.74, 6) is -0.299. The number of rotatable bonds is 6. The molecule has 4 rings (SSSR count). The van der Waals surface area contributed by atoms with E-state index in [1.807, 2.05) is 55.5 Å². The van der Waals surface area contributed by atoms with Crippen LogP contribution in [0.3, 0.4) is 0 Å². The van der Waals surface area contributed by atoms with Gasteiger partial charge in [-0.2, -0.15) is 0 Å². The third-order valence-corrected chi connectivity index (χ3v) is 5.57. The van der Waals surface area contributed by atoms with Crippen molar-refractivity contribution in [1.29, 1.82) is 0 Å². The van der Waals surface area contributed by atoms with Crippen LogP contribution < -0.4 is 10.6 Å². The first kappa shape index (κ1) is 20.5. The van der Waals surface area contributed by atoms with E-state index in [9.17, 15) is 9.59 Å². The zero-order chi connectivity index (χ0) is 21.8. The topological polar surface area (TPSA) is 102 Å². The van der Waals surface area contributed by atoms with Gasteiger partial charge in [-0.3, -0.25) is 19.1 Å². The molecule has 2 aromatic carbocycles. The van der Waals surface area contributed by atoms with E-state index in [4.69, 9.17) is 0 Å². The second kappa shape index (κ2) is 8.97. The third kappa shape index (κ3) is 4.72. The van der Waals surface area contributed by atoms with Crippen molar-refractivity contribution in [2.75, 3.05) is 10.6 Å². The quantitative estimate of drug-likeness (QED) is 0.448. The highest BCUT2D eigenvalue weighted by Crippen LogP contribution is 2.27. The Morgan fingerprint density at radius 2 is 1.90 bits per heavy atom. The Morgan fingerprint density at radius 1 is 1.06 bits per heavy atom. The van der Waals surface area contributed by atoms with E-state index in [-0.39, 0.29) is 11.8 Å². The predicted molar refractivity (Wildman–Crippen MR) is 121 cm³/mol. The standard InChI is InChI=1S/C22H20N6O2S/c1-14(21(30)26-20-10-4-9-19-18(20)8-5-11-23-19)31-22-27-24-13-28(22)17-7-3-6-16(12-17)25-15(2)29/h3-14H,1-2H3,(H,25,29)(H,26,30)/t14-/m0/s1. The Hall–Kier alpha value is -3.72. The van der Waals surface area contributed by atoms with Gasteiger partial charge in [0.05, 0.1) is 22.1 Å². The molecule has 0 bridgehead atoms. The van der Waals surface area contributed by atoms with E-state index in [2.05, 4.69) is 25.8 Å². The van der Waals surface area contributed by atoms with Gasteiger partial charge >= 0.3 is 0 Å². The van der Waals surface area contributed by atoms with Crippen molar-refractivity contribution in [3.05, 3.63) is 67.1 Å². The lowest BCUT2D eigenvalue weighted by Gasteiger charge is -2.14. The molecule has 4 aromatic rings. The number of carbonyl (C=O) groups is 2. The number of anilines is 2. The van der Waals surface area contributed by atoms with Crippen LogP contribution in [0.25, 0.3) is 16.6 Å². The van der Waals surface area contributed by atoms with E-state index in [0.29, 0.717) is 16.5 Å². The molecule has 0 saturated heterocycles. The summed E-state index contributed by atoms with van der Waals surface area (Å²) in [6, 6.07) is 16.7. The number of carbonyl (C=O) groups excluding carboxylic acids is 2. The molecule has 0 aliphatic rings. The van der Waals surface area contributed by atoms with Gasteiger partial charge in [0, 0.05) is 24.2 Å². The minimum absolute atomic E-state index is 0.149. The fraction of sp³-hybridized carbons (Fsp3) is 0.136. The van der Waals surface area contributed by atoms with Crippen molar-refractivity contribution in [3.63, 3.8) is 0 Å². The van der Waals surface area contributed by atoms with Crippen LogP contribution in [0.2, 0.25) is 0 Å². The molecule has 31 heavy (non-hydrogen) atoms. The van der Waals surface area contributed by atoms with Crippen molar-refractivity contribution in [2.24, 2.45) is 0 Å². The average molecular weight is 433 g/mol. The second-order valence-corrected chi connectivity index (χ2v) is 8.15. The van der Waals surface area contributed by atoms with Gasteiger partial charge in [0.25, 0.3) is 0 Å². The van der Waals surface area contributed by atoms with Gasteiger partial charge < -0.3 is 10.6 Å². The SMILES string of the molecule is CC(=O)Nc1cccc(-n2cnnc2S[C@@H](C)C(=O)Nc2cccc3ncccc23)c1. The summed E-state index contributed by atoms with van der Waals surface area (Å²) < 4.78 is 1.78. The first-order chi connectivity index (χ1) is 15.0. The van der Waals surface area contributed by atoms with Crippen molar-refractivity contribution < 1.29 is 9.59 Å². The Morgan fingerprint density at radius 3 is 2.74 bits per heavy atom. The summed E-state index contributed by atoms with van der Waals surface area (Å²) >= 11 is 1.30. The van der Waals surface area contributed by atoms with Gasteiger partial charge in [-0.25, -0.2) is 0 Å². The minimum atomic E-state index is -0.423. The van der Waals surface area contributed by atoms with E-state index in [0.717, 1.165) is 16.6 Å². The van der Waals surface area contributed by atoms with Gasteiger partial charge in [-0.05, 0) is 49.4 Å². The number of amides is 2. The second-order valence-electron chi connectivity index (χ2n) is 6.84. The van der Waals surface area contributed by atoms with Crippen molar-refractivity contribution in [3.8, 4) is 5.69 Å². The molecule has 0 spiro atoms. The number of nitrogens with zero attached hydrogens (tertiary/aromatic N) is 4. The summed E-state index contributed by atoms with van der Waals surface area (Å²) in [4.78, 5) is 28.5. The lowest BCUT2D eigenvalue weighted by molar-refractivity contribution is -0.115. The highest BCUT2D eigenvalue weighted by molar-refractivity contribution is 8.00. The fourth-order valence-electron chi connectivity index (χ4n) is 3.08. The highest BCUT2D eigenvalue weighted by atomic mass is 32.2. The Kier molecular flexibility index (Phi) is 5.94. The van der Waals surface area contributed by atoms with Crippen LogP contribution in [0, 0.1) is 0 Å². The molecule has 0 radical (unpaired) electrons. The van der Waals surface area contributed by atoms with Crippen LogP contribution in [0.4, 0.5) is 11.4 Å². The molecule has 0 fully saturated rings. The van der Waals surface area contributed by atoms with E-state index >= 15 is 0 Å². The molecule has 0 aliphatic carbocycles. The maximum Gasteiger partial charge on any atom is 0.237 e. The van der Waals surface area contributed by atoms with Crippen LogP contribution in [0.15, 0.2) is 72.3 Å². The van der Waals surface area contributed by atoms with E-state index < -0.39 is 5.25 Å². The first-order valence-corrected chi connectivity index (χ1v) is 10.5. The Bertz CT molecular complexity index is 1250. The smallest absolute Gasteiger partial charge is 0.237 e. The Labute approximate surface area is 183 Å². The predicted octanol–water partition coefficient (Wildman–Crippen LogP) is 3.89. The largest absolute Gasteiger partial charge is 0.326 e. The number of fused-ring (bicyclic) bond motifs is 1. The lowest BCUT2D eigenvalue weighted by Crippen LogP contribution is -2.23. The molecule has 0 aliphatic heterocycles. The number of hydrogen-bond donors (Lipinski definition) is 2. The molecule has 0 saturated carbocycles. The van der Waals surface area contributed by atoms with Crippen molar-refractivity contribution in [2.45, 2.75) is 24.3 Å². The summed E-state index contributed by atoms with van der Waals surface area (Å²) in [5.41, 5.74) is 2.99. The summed E-state index contributed by atoms with van der Waals surface area (Å²) in [6.07, 6.45) is 3.30. The van der Waals surface area contributed by atoms with Gasteiger partial charge in [0.15, 0.2) is 5.16 Å². The highest BCUT2D eigenvalue weighted by Gasteiger charge is 2.19. The molecule has 9 heteroatoms. The fourth-order valence-corrected chi connectivity index (χ4v) is 3.92. The number of aromatic nitrogens is 4. The third-order valence-electron chi connectivity index (χ3n) is 4.52. The number of hydrogen-bond acceptors (Lipinski definition) is 6. The normalized spacial score (nSPS) is 11.8. The monoisotopic (exact) mass is 432 g/mol. The number of nitrogens with one attached hydrogen (secondary N) is 2. The molecule has 156 valence electrons. The minimum Gasteiger partial charge on any atom is -0.326 e. The van der Waals surface area contributed by atoms with Gasteiger partial charge in [0.2, 0.25) is 11.8 Å². The molecule has 2 aromatic heterocycles. The maximum absolute atomic E-state index is 12.8. The molecule has 2 amide bonds. The molecular formula is C22H20N6O2S. The van der Waals surface area contributed by atoms with Crippen LogP contribution in [-0.4, -0.2) is 36.8 Å². The number of benzene rings is 2. The van der Waals surface area contributed by atoms with Crippen LogP contribution in [0.1, 0.15) is 13.8 Å². The van der Waals surface area contributed by atoms with Gasteiger partial charge in [-0.15, -0.1) is 10.2 Å². The van der Waals surface area contributed by atoms with Gasteiger partial charge in [0.1, 0.15) is 6.33 Å². The van der Waals surface area contributed by atoms with Crippen LogP contribution in [-0.2, 0) is 9.59 Å². The zero-order valence-corrected chi connectivity index (χ0v) is 17.8. The molecule has 8 nitrogen and oxygen atoms in total. The molecular weight excluding hydrogens is 412 g/mol. The van der Waals surface area contributed by atoms with E-state index in [1.54, 1.807) is 23.2 Å². The van der Waals surface area contributed by atoms with Gasteiger partial charge in [-0.1, -0.05) is 23.9 Å².